The van der Waals surface area contributed by atoms with Gasteiger partial charge in [-0.05, 0) is 46.8 Å². The molecule has 2 rings (SSSR count). The highest BCUT2D eigenvalue weighted by Gasteiger charge is 2.29. The Balaban J connectivity index is 2.22. The zero-order valence-electron chi connectivity index (χ0n) is 8.12. The van der Waals surface area contributed by atoms with Gasteiger partial charge in [-0.15, -0.1) is 0 Å². The Labute approximate surface area is 93.0 Å². The Morgan fingerprint density at radius 2 is 2.36 bits per heavy atom. The van der Waals surface area contributed by atoms with Crippen LogP contribution in [0.25, 0.3) is 0 Å². The molecule has 3 heteroatoms. The lowest BCUT2D eigenvalue weighted by Gasteiger charge is -2.33. The maximum absolute atomic E-state index is 5.82. The molecule has 1 aromatic rings. The summed E-state index contributed by atoms with van der Waals surface area (Å²) in [5, 5.41) is 0. The number of hydrogen-bond acceptors (Lipinski definition) is 2. The van der Waals surface area contributed by atoms with E-state index in [1.807, 2.05) is 18.3 Å². The molecular weight excluding hydrogens is 240 g/mol. The fraction of sp³-hybridized carbons (Fsp3) is 0.545. The Kier molecular flexibility index (Phi) is 3.19. The number of rotatable bonds is 3. The molecule has 1 aliphatic carbocycles. The van der Waals surface area contributed by atoms with E-state index in [1.165, 1.54) is 19.3 Å². The molecule has 1 heterocycles. The van der Waals surface area contributed by atoms with E-state index in [1.54, 1.807) is 0 Å². The highest BCUT2D eigenvalue weighted by atomic mass is 79.9. The molecule has 0 aliphatic heterocycles. The van der Waals surface area contributed by atoms with Gasteiger partial charge in [0.2, 0.25) is 0 Å². The van der Waals surface area contributed by atoms with E-state index < -0.39 is 0 Å². The lowest BCUT2D eigenvalue weighted by atomic mass is 9.74. The van der Waals surface area contributed by atoms with Crippen LogP contribution in [-0.2, 0) is 0 Å². The van der Waals surface area contributed by atoms with Crippen molar-refractivity contribution in [3.05, 3.63) is 28.5 Å². The van der Waals surface area contributed by atoms with E-state index in [0.717, 1.165) is 16.1 Å². The molecular formula is C11H15BrN2. The van der Waals surface area contributed by atoms with Crippen molar-refractivity contribution >= 4 is 15.9 Å². The maximum Gasteiger partial charge on any atom is 0.0591 e. The Morgan fingerprint density at radius 3 is 2.86 bits per heavy atom. The predicted molar refractivity (Wildman–Crippen MR) is 61.1 cm³/mol. The van der Waals surface area contributed by atoms with E-state index in [-0.39, 0.29) is 0 Å². The van der Waals surface area contributed by atoms with Crippen LogP contribution in [0.15, 0.2) is 22.8 Å². The Hall–Kier alpha value is -0.410. The quantitative estimate of drug-likeness (QED) is 0.901. The van der Waals surface area contributed by atoms with Crippen LogP contribution in [0.5, 0.6) is 0 Å². The van der Waals surface area contributed by atoms with Crippen molar-refractivity contribution in [2.24, 2.45) is 11.7 Å². The lowest BCUT2D eigenvalue weighted by Crippen LogP contribution is -2.27. The molecule has 1 fully saturated rings. The van der Waals surface area contributed by atoms with Gasteiger partial charge in [0.15, 0.2) is 0 Å². The largest absolute Gasteiger partial charge is 0.330 e. The highest BCUT2D eigenvalue weighted by molar-refractivity contribution is 9.10. The second-order valence-corrected chi connectivity index (χ2v) is 4.76. The van der Waals surface area contributed by atoms with Gasteiger partial charge in [-0.25, -0.2) is 0 Å². The molecule has 1 aromatic heterocycles. The van der Waals surface area contributed by atoms with E-state index in [4.69, 9.17) is 5.73 Å². The average Bonchev–Trinajstić information content (AvgIpc) is 2.12. The van der Waals surface area contributed by atoms with Gasteiger partial charge in [-0.1, -0.05) is 6.42 Å². The van der Waals surface area contributed by atoms with Gasteiger partial charge in [0.25, 0.3) is 0 Å². The molecule has 0 spiro atoms. The number of pyridine rings is 1. The van der Waals surface area contributed by atoms with Gasteiger partial charge in [0, 0.05) is 23.1 Å². The minimum Gasteiger partial charge on any atom is -0.330 e. The molecule has 1 aliphatic rings. The summed E-state index contributed by atoms with van der Waals surface area (Å²) in [6.07, 6.45) is 5.82. The monoisotopic (exact) mass is 254 g/mol. The van der Waals surface area contributed by atoms with Crippen LogP contribution in [0.3, 0.4) is 0 Å². The molecule has 14 heavy (non-hydrogen) atoms. The highest BCUT2D eigenvalue weighted by Crippen LogP contribution is 2.39. The minimum absolute atomic E-state index is 0.444. The Morgan fingerprint density at radius 1 is 1.57 bits per heavy atom. The van der Waals surface area contributed by atoms with Gasteiger partial charge >= 0.3 is 0 Å². The molecule has 0 radical (unpaired) electrons. The summed E-state index contributed by atoms with van der Waals surface area (Å²) in [5.74, 6) is 1.20. The summed E-state index contributed by atoms with van der Waals surface area (Å²) in [5.41, 5.74) is 6.96. The summed E-state index contributed by atoms with van der Waals surface area (Å²) in [4.78, 5) is 4.43. The van der Waals surface area contributed by atoms with Crippen LogP contribution < -0.4 is 5.73 Å². The normalized spacial score (nSPS) is 19.0. The number of nitrogens with two attached hydrogens (primary N) is 1. The number of hydrogen-bond donors (Lipinski definition) is 1. The first-order chi connectivity index (χ1) is 6.83. The van der Waals surface area contributed by atoms with Crippen molar-refractivity contribution in [3.8, 4) is 0 Å². The lowest BCUT2D eigenvalue weighted by molar-refractivity contribution is 0.260. The zero-order chi connectivity index (χ0) is 9.97. The van der Waals surface area contributed by atoms with Crippen LogP contribution in [0.1, 0.15) is 30.9 Å². The summed E-state index contributed by atoms with van der Waals surface area (Å²) < 4.78 is 1.10. The molecule has 0 amide bonds. The Bertz CT molecular complexity index is 310. The fourth-order valence-electron chi connectivity index (χ4n) is 2.04. The fourth-order valence-corrected chi connectivity index (χ4v) is 2.59. The SMILES string of the molecule is NCC(c1ncccc1Br)C1CCC1. The molecule has 0 bridgehead atoms. The molecule has 1 saturated carbocycles. The third-order valence-corrected chi connectivity index (χ3v) is 3.78. The zero-order valence-corrected chi connectivity index (χ0v) is 9.70. The standard InChI is InChI=1S/C11H15BrN2/c12-10-5-2-6-14-11(10)9(7-13)8-3-1-4-8/h2,5-6,8-9H,1,3-4,7,13H2. The predicted octanol–water partition coefficient (Wildman–Crippen LogP) is 2.69. The van der Waals surface area contributed by atoms with E-state index in [0.29, 0.717) is 12.5 Å². The van der Waals surface area contributed by atoms with Crippen molar-refractivity contribution in [2.75, 3.05) is 6.54 Å². The minimum atomic E-state index is 0.444. The van der Waals surface area contributed by atoms with Gasteiger partial charge in [-0.2, -0.15) is 0 Å². The first kappa shape index (κ1) is 10.1. The van der Waals surface area contributed by atoms with Gasteiger partial charge in [0.1, 0.15) is 0 Å². The van der Waals surface area contributed by atoms with Crippen LogP contribution >= 0.6 is 15.9 Å². The maximum atomic E-state index is 5.82. The second-order valence-electron chi connectivity index (χ2n) is 3.90. The van der Waals surface area contributed by atoms with E-state index in [9.17, 15) is 0 Å². The van der Waals surface area contributed by atoms with Crippen molar-refractivity contribution in [1.82, 2.24) is 4.98 Å². The molecule has 2 nitrogen and oxygen atoms in total. The van der Waals surface area contributed by atoms with Gasteiger partial charge in [-0.3, -0.25) is 4.98 Å². The van der Waals surface area contributed by atoms with E-state index in [2.05, 4.69) is 20.9 Å². The molecule has 0 aromatic carbocycles. The number of aromatic nitrogens is 1. The summed E-state index contributed by atoms with van der Waals surface area (Å²) >= 11 is 3.54. The smallest absolute Gasteiger partial charge is 0.0591 e. The first-order valence-corrected chi connectivity index (χ1v) is 5.92. The molecule has 2 N–H and O–H groups in total. The third-order valence-electron chi connectivity index (χ3n) is 3.11. The number of nitrogens with zero attached hydrogens (tertiary/aromatic N) is 1. The van der Waals surface area contributed by atoms with Crippen molar-refractivity contribution < 1.29 is 0 Å². The van der Waals surface area contributed by atoms with E-state index >= 15 is 0 Å². The van der Waals surface area contributed by atoms with Crippen LogP contribution in [0.2, 0.25) is 0 Å². The number of halogens is 1. The van der Waals surface area contributed by atoms with Crippen molar-refractivity contribution in [2.45, 2.75) is 25.2 Å². The first-order valence-electron chi connectivity index (χ1n) is 5.13. The molecule has 1 atom stereocenters. The molecule has 76 valence electrons. The van der Waals surface area contributed by atoms with Crippen LogP contribution in [0.4, 0.5) is 0 Å². The van der Waals surface area contributed by atoms with Crippen LogP contribution in [0, 0.1) is 5.92 Å². The topological polar surface area (TPSA) is 38.9 Å². The second kappa shape index (κ2) is 4.41. The third kappa shape index (κ3) is 1.84. The molecule has 1 unspecified atom stereocenters. The van der Waals surface area contributed by atoms with Crippen molar-refractivity contribution in [1.29, 1.82) is 0 Å². The average molecular weight is 255 g/mol. The summed E-state index contributed by atoms with van der Waals surface area (Å²) in [6, 6.07) is 3.99. The van der Waals surface area contributed by atoms with Gasteiger partial charge in [0.05, 0.1) is 5.69 Å². The summed E-state index contributed by atoms with van der Waals surface area (Å²) in [7, 11) is 0. The molecule has 0 saturated heterocycles. The van der Waals surface area contributed by atoms with Gasteiger partial charge < -0.3 is 5.73 Å². The van der Waals surface area contributed by atoms with Crippen LogP contribution in [-0.4, -0.2) is 11.5 Å². The summed E-state index contributed by atoms with van der Waals surface area (Å²) in [6.45, 7) is 0.709. The van der Waals surface area contributed by atoms with Crippen molar-refractivity contribution in [3.63, 3.8) is 0 Å².